The lowest BCUT2D eigenvalue weighted by Crippen LogP contribution is -2.11. The zero-order valence-corrected chi connectivity index (χ0v) is 15.3. The van der Waals surface area contributed by atoms with E-state index in [1.54, 1.807) is 24.3 Å². The molecule has 7 nitrogen and oxygen atoms in total. The molecular weight excluding hydrogens is 452 g/mol. The molecule has 23 heavy (non-hydrogen) atoms. The fourth-order valence-corrected chi connectivity index (χ4v) is 4.18. The minimum atomic E-state index is -3.99. The molecule has 10 heteroatoms. The van der Waals surface area contributed by atoms with Crippen LogP contribution in [0.4, 0.5) is 0 Å². The van der Waals surface area contributed by atoms with Crippen LogP contribution in [0.1, 0.15) is 0 Å². The molecule has 0 saturated carbocycles. The van der Waals surface area contributed by atoms with Crippen LogP contribution in [0.3, 0.4) is 0 Å². The van der Waals surface area contributed by atoms with E-state index in [4.69, 9.17) is 4.18 Å². The van der Waals surface area contributed by atoms with Crippen LogP contribution < -0.4 is 4.18 Å². The number of tetrazole rings is 1. The van der Waals surface area contributed by atoms with Crippen molar-refractivity contribution in [1.82, 2.24) is 20.2 Å². The Kier molecular flexibility index (Phi) is 4.46. The quantitative estimate of drug-likeness (QED) is 0.557. The first-order valence-electron chi connectivity index (χ1n) is 6.19. The summed E-state index contributed by atoms with van der Waals surface area (Å²) in [6.45, 7) is 0. The van der Waals surface area contributed by atoms with E-state index in [9.17, 15) is 8.42 Å². The molecule has 2 aromatic carbocycles. The van der Waals surface area contributed by atoms with Gasteiger partial charge in [-0.25, -0.2) is 4.68 Å². The number of aromatic nitrogens is 4. The summed E-state index contributed by atoms with van der Waals surface area (Å²) in [5.41, 5.74) is 0.580. The smallest absolute Gasteiger partial charge is 0.340 e. The molecule has 0 amide bonds. The third-order valence-electron chi connectivity index (χ3n) is 2.80. The van der Waals surface area contributed by atoms with Gasteiger partial charge in [0.2, 0.25) is 0 Å². The number of hydrogen-bond acceptors (Lipinski definition) is 6. The SMILES string of the molecule is O=S(=O)(Oc1cccc(-n2cnnn2)c1)c1cc(Br)ccc1Br. The third kappa shape index (κ3) is 3.59. The van der Waals surface area contributed by atoms with Crippen LogP contribution in [0.25, 0.3) is 5.69 Å². The van der Waals surface area contributed by atoms with Gasteiger partial charge in [-0.15, -0.1) is 5.10 Å². The van der Waals surface area contributed by atoms with Gasteiger partial charge >= 0.3 is 10.1 Å². The van der Waals surface area contributed by atoms with Crippen molar-refractivity contribution in [2.24, 2.45) is 0 Å². The molecule has 1 aromatic heterocycles. The fraction of sp³-hybridized carbons (Fsp3) is 0. The molecule has 118 valence electrons. The summed E-state index contributed by atoms with van der Waals surface area (Å²) in [5, 5.41) is 10.8. The Hall–Kier alpha value is -1.78. The predicted octanol–water partition coefficient (Wildman–Crippen LogP) is 2.96. The van der Waals surface area contributed by atoms with Crippen LogP contribution in [0.5, 0.6) is 5.75 Å². The molecule has 0 aliphatic carbocycles. The molecule has 0 radical (unpaired) electrons. The normalized spacial score (nSPS) is 11.4. The summed E-state index contributed by atoms with van der Waals surface area (Å²) in [4.78, 5) is 0.0275. The number of rotatable bonds is 4. The Labute approximate surface area is 148 Å². The Bertz CT molecular complexity index is 946. The summed E-state index contributed by atoms with van der Waals surface area (Å²) in [6, 6.07) is 11.3. The lowest BCUT2D eigenvalue weighted by molar-refractivity contribution is 0.485. The van der Waals surface area contributed by atoms with Gasteiger partial charge in [0, 0.05) is 15.0 Å². The lowest BCUT2D eigenvalue weighted by Gasteiger charge is -2.10. The Morgan fingerprint density at radius 2 is 1.91 bits per heavy atom. The van der Waals surface area contributed by atoms with Crippen molar-refractivity contribution in [3.63, 3.8) is 0 Å². The van der Waals surface area contributed by atoms with Gasteiger partial charge in [0.25, 0.3) is 0 Å². The van der Waals surface area contributed by atoms with Crippen molar-refractivity contribution in [2.45, 2.75) is 4.90 Å². The summed E-state index contributed by atoms with van der Waals surface area (Å²) in [5.74, 6) is 0.157. The van der Waals surface area contributed by atoms with Gasteiger partial charge in [0.15, 0.2) is 0 Å². The maximum Gasteiger partial charge on any atom is 0.340 e. The van der Waals surface area contributed by atoms with Gasteiger partial charge in [-0.05, 0) is 56.7 Å². The third-order valence-corrected chi connectivity index (χ3v) is 5.54. The van der Waals surface area contributed by atoms with Gasteiger partial charge in [-0.3, -0.25) is 0 Å². The Morgan fingerprint density at radius 3 is 2.65 bits per heavy atom. The van der Waals surface area contributed by atoms with Gasteiger partial charge in [0.1, 0.15) is 17.0 Å². The van der Waals surface area contributed by atoms with Crippen LogP contribution in [0.15, 0.2) is 62.6 Å². The van der Waals surface area contributed by atoms with Crippen molar-refractivity contribution >= 4 is 42.0 Å². The van der Waals surface area contributed by atoms with E-state index in [-0.39, 0.29) is 10.6 Å². The minimum absolute atomic E-state index is 0.0275. The summed E-state index contributed by atoms with van der Waals surface area (Å²) in [7, 11) is -3.99. The molecule has 0 spiro atoms. The molecule has 3 aromatic rings. The second kappa shape index (κ2) is 6.38. The second-order valence-corrected chi connectivity index (χ2v) is 7.65. The monoisotopic (exact) mass is 458 g/mol. The average molecular weight is 460 g/mol. The number of nitrogens with zero attached hydrogens (tertiary/aromatic N) is 4. The molecule has 1 heterocycles. The molecule has 0 unspecified atom stereocenters. The largest absolute Gasteiger partial charge is 0.379 e. The van der Waals surface area contributed by atoms with E-state index >= 15 is 0 Å². The van der Waals surface area contributed by atoms with E-state index in [1.165, 1.54) is 29.2 Å². The Morgan fingerprint density at radius 1 is 1.09 bits per heavy atom. The maximum absolute atomic E-state index is 12.5. The standard InChI is InChI=1S/C13H8Br2N4O3S/c14-9-4-5-12(15)13(6-9)23(20,21)22-11-3-1-2-10(7-11)19-8-16-17-18-19/h1-8H. The van der Waals surface area contributed by atoms with E-state index in [0.29, 0.717) is 14.6 Å². The number of benzene rings is 2. The highest BCUT2D eigenvalue weighted by Gasteiger charge is 2.20. The van der Waals surface area contributed by atoms with Crippen molar-refractivity contribution in [3.05, 3.63) is 57.7 Å². The van der Waals surface area contributed by atoms with E-state index in [0.717, 1.165) is 0 Å². The molecular formula is C13H8Br2N4O3S. The van der Waals surface area contributed by atoms with Crippen molar-refractivity contribution in [3.8, 4) is 11.4 Å². The van der Waals surface area contributed by atoms with Crippen LogP contribution in [0, 0.1) is 0 Å². The highest BCUT2D eigenvalue weighted by molar-refractivity contribution is 9.11. The molecule has 0 bridgehead atoms. The zero-order valence-electron chi connectivity index (χ0n) is 11.3. The number of halogens is 2. The second-order valence-electron chi connectivity index (χ2n) is 4.36. The van der Waals surface area contributed by atoms with Crippen LogP contribution in [-0.4, -0.2) is 28.6 Å². The van der Waals surface area contributed by atoms with Gasteiger partial charge < -0.3 is 4.18 Å². The zero-order chi connectivity index (χ0) is 16.4. The van der Waals surface area contributed by atoms with Crippen molar-refractivity contribution < 1.29 is 12.6 Å². The predicted molar refractivity (Wildman–Crippen MR) is 88.8 cm³/mol. The van der Waals surface area contributed by atoms with Crippen LogP contribution in [0.2, 0.25) is 0 Å². The number of hydrogen-bond donors (Lipinski definition) is 0. The van der Waals surface area contributed by atoms with E-state index < -0.39 is 10.1 Å². The maximum atomic E-state index is 12.5. The van der Waals surface area contributed by atoms with E-state index in [2.05, 4.69) is 47.4 Å². The van der Waals surface area contributed by atoms with Gasteiger partial charge in [-0.2, -0.15) is 8.42 Å². The molecule has 0 fully saturated rings. The van der Waals surface area contributed by atoms with Gasteiger partial charge in [0.05, 0.1) is 5.69 Å². The first-order valence-corrected chi connectivity index (χ1v) is 9.18. The summed E-state index contributed by atoms with van der Waals surface area (Å²) >= 11 is 6.46. The summed E-state index contributed by atoms with van der Waals surface area (Å²) in [6.07, 6.45) is 1.40. The topological polar surface area (TPSA) is 87.0 Å². The van der Waals surface area contributed by atoms with Crippen LogP contribution >= 0.6 is 31.9 Å². The fourth-order valence-electron chi connectivity index (χ4n) is 1.80. The highest BCUT2D eigenvalue weighted by atomic mass is 79.9. The highest BCUT2D eigenvalue weighted by Crippen LogP contribution is 2.28. The molecule has 0 aliphatic heterocycles. The first-order chi connectivity index (χ1) is 11.0. The van der Waals surface area contributed by atoms with E-state index in [1.807, 2.05) is 0 Å². The summed E-state index contributed by atoms with van der Waals surface area (Å²) < 4.78 is 32.5. The first kappa shape index (κ1) is 16.1. The molecule has 0 aliphatic rings. The van der Waals surface area contributed by atoms with Crippen LogP contribution in [-0.2, 0) is 10.1 Å². The molecule has 0 N–H and O–H groups in total. The van der Waals surface area contributed by atoms with Crippen molar-refractivity contribution in [1.29, 1.82) is 0 Å². The molecule has 0 atom stereocenters. The van der Waals surface area contributed by atoms with Crippen molar-refractivity contribution in [2.75, 3.05) is 0 Å². The minimum Gasteiger partial charge on any atom is -0.379 e. The Balaban J connectivity index is 1.95. The molecule has 0 saturated heterocycles. The molecule has 3 rings (SSSR count). The average Bonchev–Trinajstić information content (AvgIpc) is 3.04. The lowest BCUT2D eigenvalue weighted by atomic mass is 10.3. The van der Waals surface area contributed by atoms with Gasteiger partial charge in [-0.1, -0.05) is 22.0 Å².